The number of hydroxylamine groups is 1. The Labute approximate surface area is 171 Å². The van der Waals surface area contributed by atoms with Crippen LogP contribution in [0.15, 0.2) is 17.0 Å². The summed E-state index contributed by atoms with van der Waals surface area (Å²) in [6.45, 7) is 1.21. The van der Waals surface area contributed by atoms with E-state index in [-0.39, 0.29) is 32.1 Å². The van der Waals surface area contributed by atoms with Crippen LogP contribution in [0.4, 0.5) is 19.0 Å². The molecule has 0 atom stereocenters. The van der Waals surface area contributed by atoms with Crippen LogP contribution in [0.1, 0.15) is 12.6 Å². The van der Waals surface area contributed by atoms with Crippen molar-refractivity contribution < 1.29 is 27.5 Å². The molecule has 28 heavy (non-hydrogen) atoms. The SMILES string of the molecule is CON(C(C)=O)c1c(SC)c(C#N)nn1-c1c(Cl)cc(OC(F)(F)F)cc1Cl. The first-order chi connectivity index (χ1) is 13.0. The van der Waals surface area contributed by atoms with E-state index in [2.05, 4.69) is 9.84 Å². The minimum atomic E-state index is -4.94. The highest BCUT2D eigenvalue weighted by molar-refractivity contribution is 7.98. The molecule has 0 aliphatic heterocycles. The Balaban J connectivity index is 2.76. The maximum Gasteiger partial charge on any atom is 0.573 e. The van der Waals surface area contributed by atoms with Gasteiger partial charge in [0.1, 0.15) is 17.5 Å². The Hall–Kier alpha value is -2.13. The van der Waals surface area contributed by atoms with Gasteiger partial charge in [-0.15, -0.1) is 24.9 Å². The van der Waals surface area contributed by atoms with Crippen LogP contribution in [0.3, 0.4) is 0 Å². The number of anilines is 1. The highest BCUT2D eigenvalue weighted by atomic mass is 35.5. The largest absolute Gasteiger partial charge is 0.573 e. The van der Waals surface area contributed by atoms with Crippen molar-refractivity contribution in [2.24, 2.45) is 0 Å². The molecule has 2 rings (SSSR count). The van der Waals surface area contributed by atoms with Crippen molar-refractivity contribution >= 4 is 46.7 Å². The molecule has 0 fully saturated rings. The fraction of sp³-hybridized carbons (Fsp3) is 0.267. The van der Waals surface area contributed by atoms with Crippen LogP contribution in [0.25, 0.3) is 5.69 Å². The summed E-state index contributed by atoms with van der Waals surface area (Å²) in [4.78, 5) is 17.3. The van der Waals surface area contributed by atoms with Crippen molar-refractivity contribution in [3.05, 3.63) is 27.9 Å². The molecule has 7 nitrogen and oxygen atoms in total. The van der Waals surface area contributed by atoms with Crippen molar-refractivity contribution in [1.29, 1.82) is 5.26 Å². The number of alkyl halides is 3. The molecule has 0 saturated heterocycles. The normalized spacial score (nSPS) is 11.2. The Morgan fingerprint density at radius 2 is 1.93 bits per heavy atom. The summed E-state index contributed by atoms with van der Waals surface area (Å²) in [6, 6.07) is 3.64. The lowest BCUT2D eigenvalue weighted by molar-refractivity contribution is -0.274. The van der Waals surface area contributed by atoms with Crippen LogP contribution in [0, 0.1) is 11.3 Å². The van der Waals surface area contributed by atoms with Crippen molar-refractivity contribution in [3.8, 4) is 17.5 Å². The lowest BCUT2D eigenvalue weighted by atomic mass is 10.3. The molecule has 1 amide bonds. The van der Waals surface area contributed by atoms with Gasteiger partial charge in [0.25, 0.3) is 0 Å². The van der Waals surface area contributed by atoms with Crippen molar-refractivity contribution in [2.75, 3.05) is 18.4 Å². The van der Waals surface area contributed by atoms with Gasteiger partial charge in [-0.1, -0.05) is 23.2 Å². The lowest BCUT2D eigenvalue weighted by Gasteiger charge is -2.21. The molecule has 2 aromatic rings. The molecule has 0 unspecified atom stereocenters. The number of nitrogens with zero attached hydrogens (tertiary/aromatic N) is 4. The molecule has 13 heteroatoms. The third-order valence-corrected chi connectivity index (χ3v) is 4.59. The number of ether oxygens (including phenoxy) is 1. The van der Waals surface area contributed by atoms with E-state index in [9.17, 15) is 23.2 Å². The van der Waals surface area contributed by atoms with Crippen LogP contribution in [0.5, 0.6) is 5.75 Å². The average Bonchev–Trinajstić information content (AvgIpc) is 2.91. The van der Waals surface area contributed by atoms with Gasteiger partial charge in [0.15, 0.2) is 11.5 Å². The Bertz CT molecular complexity index is 936. The van der Waals surface area contributed by atoms with Gasteiger partial charge in [-0.3, -0.25) is 9.63 Å². The maximum absolute atomic E-state index is 12.5. The number of thioether (sulfide) groups is 1. The summed E-state index contributed by atoms with van der Waals surface area (Å²) in [5.41, 5.74) is -0.124. The predicted octanol–water partition coefficient (Wildman–Crippen LogP) is 4.59. The lowest BCUT2D eigenvalue weighted by Crippen LogP contribution is -2.29. The molecule has 1 aromatic heterocycles. The maximum atomic E-state index is 12.5. The standard InChI is InChI=1S/C15H11Cl2F3N4O3S/c1-7(25)24(26-2)14-13(28-3)11(6-21)22-23(14)12-9(16)4-8(5-10(12)17)27-15(18,19)20/h4-5H,1-3H3. The highest BCUT2D eigenvalue weighted by Crippen LogP contribution is 2.40. The van der Waals surface area contributed by atoms with Crippen LogP contribution in [-0.2, 0) is 9.63 Å². The molecule has 150 valence electrons. The number of halogens is 5. The van der Waals surface area contributed by atoms with Crippen molar-refractivity contribution in [3.63, 3.8) is 0 Å². The molecule has 0 N–H and O–H groups in total. The van der Waals surface area contributed by atoms with Gasteiger partial charge in [-0.25, -0.2) is 4.68 Å². The van der Waals surface area contributed by atoms with E-state index < -0.39 is 18.0 Å². The number of carbonyl (C=O) groups is 1. The van der Waals surface area contributed by atoms with E-state index in [1.807, 2.05) is 6.07 Å². The Kier molecular flexibility index (Phi) is 6.71. The molecule has 0 bridgehead atoms. The molecule has 1 heterocycles. The zero-order valence-electron chi connectivity index (χ0n) is 14.5. The van der Waals surface area contributed by atoms with Crippen molar-refractivity contribution in [2.45, 2.75) is 18.2 Å². The van der Waals surface area contributed by atoms with E-state index in [1.165, 1.54) is 14.0 Å². The molecule has 0 radical (unpaired) electrons. The number of amides is 1. The van der Waals surface area contributed by atoms with Gasteiger partial charge in [0.2, 0.25) is 5.91 Å². The Morgan fingerprint density at radius 3 is 2.32 bits per heavy atom. The summed E-state index contributed by atoms with van der Waals surface area (Å²) in [5, 5.41) is 13.8. The summed E-state index contributed by atoms with van der Waals surface area (Å²) in [5.74, 6) is -1.17. The number of nitriles is 1. The molecule has 0 aliphatic rings. The summed E-state index contributed by atoms with van der Waals surface area (Å²) < 4.78 is 42.2. The van der Waals surface area contributed by atoms with E-state index in [0.29, 0.717) is 0 Å². The van der Waals surface area contributed by atoms with Gasteiger partial charge < -0.3 is 4.74 Å². The molecule has 0 spiro atoms. The average molecular weight is 455 g/mol. The summed E-state index contributed by atoms with van der Waals surface area (Å²) in [7, 11) is 1.22. The quantitative estimate of drug-likeness (QED) is 0.485. The van der Waals surface area contributed by atoms with Crippen LogP contribution in [-0.4, -0.2) is 35.4 Å². The smallest absolute Gasteiger partial charge is 0.406 e. The van der Waals surface area contributed by atoms with Crippen LogP contribution in [0.2, 0.25) is 10.0 Å². The van der Waals surface area contributed by atoms with E-state index >= 15 is 0 Å². The van der Waals surface area contributed by atoms with E-state index in [0.717, 1.165) is 33.6 Å². The summed E-state index contributed by atoms with van der Waals surface area (Å²) in [6.07, 6.45) is -3.30. The number of hydrogen-bond acceptors (Lipinski definition) is 6. The third kappa shape index (κ3) is 4.47. The van der Waals surface area contributed by atoms with Crippen LogP contribution >= 0.6 is 35.0 Å². The molecular weight excluding hydrogens is 444 g/mol. The zero-order chi connectivity index (χ0) is 21.2. The number of aromatic nitrogens is 2. The second-order valence-corrected chi connectivity index (χ2v) is 6.64. The first-order valence-electron chi connectivity index (χ1n) is 7.21. The first-order valence-corrected chi connectivity index (χ1v) is 9.19. The first kappa shape index (κ1) is 22.2. The fourth-order valence-corrected chi connectivity index (χ4v) is 3.55. The van der Waals surface area contributed by atoms with Gasteiger partial charge >= 0.3 is 6.36 Å². The minimum absolute atomic E-state index is 0.0207. The second-order valence-electron chi connectivity index (χ2n) is 5.01. The molecule has 0 aliphatic carbocycles. The fourth-order valence-electron chi connectivity index (χ4n) is 2.29. The number of rotatable bonds is 5. The van der Waals surface area contributed by atoms with Gasteiger partial charge in [-0.05, 0) is 6.26 Å². The molecular formula is C15H11Cl2F3N4O3S. The minimum Gasteiger partial charge on any atom is -0.406 e. The van der Waals surface area contributed by atoms with Gasteiger partial charge in [0, 0.05) is 19.1 Å². The number of benzene rings is 1. The van der Waals surface area contributed by atoms with Crippen molar-refractivity contribution in [1.82, 2.24) is 9.78 Å². The molecule has 1 aromatic carbocycles. The Morgan fingerprint density at radius 1 is 1.36 bits per heavy atom. The number of carbonyl (C=O) groups excluding carboxylic acids is 1. The zero-order valence-corrected chi connectivity index (χ0v) is 16.8. The monoisotopic (exact) mass is 454 g/mol. The third-order valence-electron chi connectivity index (χ3n) is 3.23. The van der Waals surface area contributed by atoms with E-state index in [4.69, 9.17) is 28.0 Å². The summed E-state index contributed by atoms with van der Waals surface area (Å²) >= 11 is 13.3. The topological polar surface area (TPSA) is 80.4 Å². The second kappa shape index (κ2) is 8.48. The van der Waals surface area contributed by atoms with Gasteiger partial charge in [-0.2, -0.15) is 15.4 Å². The number of hydrogen-bond donors (Lipinski definition) is 0. The predicted molar refractivity (Wildman–Crippen MR) is 96.9 cm³/mol. The molecule has 0 saturated carbocycles. The van der Waals surface area contributed by atoms with Crippen LogP contribution < -0.4 is 9.80 Å². The van der Waals surface area contributed by atoms with Gasteiger partial charge in [0.05, 0.1) is 22.1 Å². The highest BCUT2D eigenvalue weighted by Gasteiger charge is 2.33. The van der Waals surface area contributed by atoms with E-state index in [1.54, 1.807) is 6.26 Å².